The highest BCUT2D eigenvalue weighted by molar-refractivity contribution is 4.85. The van der Waals surface area contributed by atoms with Crippen molar-refractivity contribution in [3.63, 3.8) is 0 Å². The van der Waals surface area contributed by atoms with Crippen molar-refractivity contribution >= 4 is 0 Å². The van der Waals surface area contributed by atoms with Crippen molar-refractivity contribution in [3.8, 4) is 0 Å². The largest absolute Gasteiger partial charge is 0.380 e. The Hall–Kier alpha value is -0.0800. The van der Waals surface area contributed by atoms with E-state index in [0.29, 0.717) is 5.41 Å². The highest BCUT2D eigenvalue weighted by Gasteiger charge is 2.31. The topological polar surface area (TPSA) is 21.3 Å². The van der Waals surface area contributed by atoms with Gasteiger partial charge in [-0.15, -0.1) is 0 Å². The van der Waals surface area contributed by atoms with Crippen molar-refractivity contribution in [1.29, 1.82) is 0 Å². The van der Waals surface area contributed by atoms with Crippen LogP contribution in [0.1, 0.15) is 58.8 Å². The first-order valence-corrected chi connectivity index (χ1v) is 7.11. The first-order valence-electron chi connectivity index (χ1n) is 7.11. The number of hydrogen-bond acceptors (Lipinski definition) is 2. The van der Waals surface area contributed by atoms with Crippen LogP contribution in [0.5, 0.6) is 0 Å². The lowest BCUT2D eigenvalue weighted by atomic mass is 9.83. The van der Waals surface area contributed by atoms with Crippen molar-refractivity contribution < 1.29 is 4.74 Å². The molecule has 0 aliphatic heterocycles. The molecule has 1 aliphatic rings. The van der Waals surface area contributed by atoms with Crippen LogP contribution >= 0.6 is 0 Å². The van der Waals surface area contributed by atoms with Gasteiger partial charge in [-0.3, -0.25) is 0 Å². The summed E-state index contributed by atoms with van der Waals surface area (Å²) in [6.07, 6.45) is 9.47. The summed E-state index contributed by atoms with van der Waals surface area (Å²) in [5, 5.41) is 3.57. The number of ether oxygens (including phenoxy) is 1. The summed E-state index contributed by atoms with van der Waals surface area (Å²) in [7, 11) is 0. The van der Waals surface area contributed by atoms with Crippen molar-refractivity contribution in [1.82, 2.24) is 5.32 Å². The lowest BCUT2D eigenvalue weighted by Gasteiger charge is -2.27. The minimum absolute atomic E-state index is 0.615. The minimum Gasteiger partial charge on any atom is -0.380 e. The standard InChI is InChI=1S/C14H29NO/c1-3-5-11-16-12-10-15-13-14(4-2)8-6-7-9-14/h15H,3-13H2,1-2H3. The van der Waals surface area contributed by atoms with E-state index in [4.69, 9.17) is 4.74 Å². The van der Waals surface area contributed by atoms with Gasteiger partial charge < -0.3 is 10.1 Å². The van der Waals surface area contributed by atoms with Gasteiger partial charge in [0.15, 0.2) is 0 Å². The Morgan fingerprint density at radius 3 is 2.50 bits per heavy atom. The van der Waals surface area contributed by atoms with E-state index in [9.17, 15) is 0 Å². The predicted octanol–water partition coefficient (Wildman–Crippen LogP) is 3.36. The second-order valence-corrected chi connectivity index (χ2v) is 5.20. The Balaban J connectivity index is 1.97. The zero-order chi connectivity index (χ0) is 11.7. The molecule has 2 heteroatoms. The van der Waals surface area contributed by atoms with Crippen LogP contribution in [0.2, 0.25) is 0 Å². The lowest BCUT2D eigenvalue weighted by molar-refractivity contribution is 0.129. The van der Waals surface area contributed by atoms with Gasteiger partial charge in [0, 0.05) is 19.7 Å². The van der Waals surface area contributed by atoms with Crippen molar-refractivity contribution in [2.24, 2.45) is 5.41 Å². The molecule has 0 aromatic rings. The predicted molar refractivity (Wildman–Crippen MR) is 69.8 cm³/mol. The van der Waals surface area contributed by atoms with Crippen LogP contribution in [0.25, 0.3) is 0 Å². The van der Waals surface area contributed by atoms with Crippen LogP contribution in [0, 0.1) is 5.41 Å². The number of nitrogens with one attached hydrogen (secondary N) is 1. The third-order valence-corrected chi connectivity index (χ3v) is 3.98. The average molecular weight is 227 g/mol. The van der Waals surface area contributed by atoms with Crippen molar-refractivity contribution in [2.45, 2.75) is 58.8 Å². The molecule has 1 saturated carbocycles. The van der Waals surface area contributed by atoms with Crippen LogP contribution < -0.4 is 5.32 Å². The highest BCUT2D eigenvalue weighted by Crippen LogP contribution is 2.40. The van der Waals surface area contributed by atoms with Crippen LogP contribution in [0.15, 0.2) is 0 Å². The molecule has 0 aromatic heterocycles. The summed E-state index contributed by atoms with van der Waals surface area (Å²) < 4.78 is 5.54. The van der Waals surface area contributed by atoms with E-state index in [2.05, 4.69) is 19.2 Å². The second kappa shape index (κ2) is 8.08. The van der Waals surface area contributed by atoms with Crippen molar-refractivity contribution in [2.75, 3.05) is 26.3 Å². The molecule has 1 N–H and O–H groups in total. The number of hydrogen-bond donors (Lipinski definition) is 1. The molecule has 0 spiro atoms. The third kappa shape index (κ3) is 4.84. The van der Waals surface area contributed by atoms with Gasteiger partial charge in [0.05, 0.1) is 6.61 Å². The van der Waals surface area contributed by atoms with E-state index in [0.717, 1.165) is 19.8 Å². The minimum atomic E-state index is 0.615. The third-order valence-electron chi connectivity index (χ3n) is 3.98. The van der Waals surface area contributed by atoms with E-state index in [1.54, 1.807) is 0 Å². The molecule has 0 amide bonds. The molecule has 0 heterocycles. The van der Waals surface area contributed by atoms with Gasteiger partial charge in [0.2, 0.25) is 0 Å². The molecule has 0 bridgehead atoms. The molecule has 1 aliphatic carbocycles. The van der Waals surface area contributed by atoms with Crippen LogP contribution in [0.3, 0.4) is 0 Å². The summed E-state index contributed by atoms with van der Waals surface area (Å²) in [5.74, 6) is 0. The maximum Gasteiger partial charge on any atom is 0.0590 e. The Labute approximate surface area is 101 Å². The molecule has 0 aromatic carbocycles. The summed E-state index contributed by atoms with van der Waals surface area (Å²) in [4.78, 5) is 0. The molecular weight excluding hydrogens is 198 g/mol. The molecule has 1 fully saturated rings. The van der Waals surface area contributed by atoms with Gasteiger partial charge in [-0.25, -0.2) is 0 Å². The second-order valence-electron chi connectivity index (χ2n) is 5.20. The summed E-state index contributed by atoms with van der Waals surface area (Å²) in [5.41, 5.74) is 0.615. The molecule has 0 unspecified atom stereocenters. The quantitative estimate of drug-likeness (QED) is 0.610. The molecule has 0 radical (unpaired) electrons. The van der Waals surface area contributed by atoms with Gasteiger partial charge in [-0.2, -0.15) is 0 Å². The van der Waals surface area contributed by atoms with Gasteiger partial charge in [-0.1, -0.05) is 33.1 Å². The van der Waals surface area contributed by atoms with E-state index in [1.807, 2.05) is 0 Å². The van der Waals surface area contributed by atoms with Crippen LogP contribution in [-0.2, 0) is 4.74 Å². The zero-order valence-electron chi connectivity index (χ0n) is 11.2. The normalized spacial score (nSPS) is 19.1. The SMILES string of the molecule is CCCCOCCNCC1(CC)CCCC1. The van der Waals surface area contributed by atoms with E-state index in [1.165, 1.54) is 51.5 Å². The van der Waals surface area contributed by atoms with Crippen LogP contribution in [-0.4, -0.2) is 26.3 Å². The highest BCUT2D eigenvalue weighted by atomic mass is 16.5. The van der Waals surface area contributed by atoms with Gasteiger partial charge in [0.1, 0.15) is 0 Å². The molecule has 0 atom stereocenters. The molecular formula is C14H29NO. The van der Waals surface area contributed by atoms with E-state index in [-0.39, 0.29) is 0 Å². The molecule has 0 saturated heterocycles. The van der Waals surface area contributed by atoms with Gasteiger partial charge in [-0.05, 0) is 31.1 Å². The smallest absolute Gasteiger partial charge is 0.0590 e. The zero-order valence-corrected chi connectivity index (χ0v) is 11.2. The van der Waals surface area contributed by atoms with Crippen LogP contribution in [0.4, 0.5) is 0 Å². The van der Waals surface area contributed by atoms with Gasteiger partial charge in [0.25, 0.3) is 0 Å². The van der Waals surface area contributed by atoms with Crippen molar-refractivity contribution in [3.05, 3.63) is 0 Å². The molecule has 1 rings (SSSR count). The monoisotopic (exact) mass is 227 g/mol. The Kier molecular flexibility index (Phi) is 7.06. The van der Waals surface area contributed by atoms with E-state index < -0.39 is 0 Å². The molecule has 2 nitrogen and oxygen atoms in total. The maximum absolute atomic E-state index is 5.54. The fourth-order valence-corrected chi connectivity index (χ4v) is 2.63. The average Bonchev–Trinajstić information content (AvgIpc) is 2.77. The summed E-state index contributed by atoms with van der Waals surface area (Å²) in [6.45, 7) is 8.56. The molecule has 16 heavy (non-hydrogen) atoms. The summed E-state index contributed by atoms with van der Waals surface area (Å²) in [6, 6.07) is 0. The Morgan fingerprint density at radius 1 is 1.12 bits per heavy atom. The van der Waals surface area contributed by atoms with E-state index >= 15 is 0 Å². The first kappa shape index (κ1) is 14.0. The van der Waals surface area contributed by atoms with Gasteiger partial charge >= 0.3 is 0 Å². The molecule has 96 valence electrons. The number of rotatable bonds is 9. The summed E-state index contributed by atoms with van der Waals surface area (Å²) >= 11 is 0. The Bertz CT molecular complexity index is 164. The Morgan fingerprint density at radius 2 is 1.88 bits per heavy atom. The number of unbranched alkanes of at least 4 members (excludes halogenated alkanes) is 1. The first-order chi connectivity index (χ1) is 7.83. The fraction of sp³-hybridized carbons (Fsp3) is 1.00. The lowest BCUT2D eigenvalue weighted by Crippen LogP contribution is -2.33. The maximum atomic E-state index is 5.54. The fourth-order valence-electron chi connectivity index (χ4n) is 2.63.